The maximum absolute atomic E-state index is 12.5. The van der Waals surface area contributed by atoms with Crippen LogP contribution in [0.4, 0.5) is 4.79 Å². The van der Waals surface area contributed by atoms with Crippen LogP contribution in [0.1, 0.15) is 37.8 Å². The average Bonchev–Trinajstić information content (AvgIpc) is 2.76. The van der Waals surface area contributed by atoms with Crippen LogP contribution in [0, 0.1) is 11.8 Å². The number of nitrogens with zero attached hydrogens (tertiary/aromatic N) is 1. The summed E-state index contributed by atoms with van der Waals surface area (Å²) in [5, 5.41) is 20.1. The van der Waals surface area contributed by atoms with E-state index in [4.69, 9.17) is 9.47 Å². The molecule has 0 radical (unpaired) electrons. The maximum Gasteiger partial charge on any atom is 0.410 e. The van der Waals surface area contributed by atoms with Gasteiger partial charge in [0.15, 0.2) is 0 Å². The van der Waals surface area contributed by atoms with E-state index in [1.807, 2.05) is 75.4 Å². The van der Waals surface area contributed by atoms with E-state index in [1.54, 1.807) is 4.90 Å². The van der Waals surface area contributed by atoms with Gasteiger partial charge in [0.05, 0.1) is 0 Å². The normalized spacial score (nSPS) is 21.6. The Morgan fingerprint density at radius 3 is 2.06 bits per heavy atom. The number of aliphatic hydroxyl groups is 2. The second-order valence-electron chi connectivity index (χ2n) is 9.14. The summed E-state index contributed by atoms with van der Waals surface area (Å²) < 4.78 is 11.4. The first-order valence-corrected chi connectivity index (χ1v) is 10.8. The van der Waals surface area contributed by atoms with Crippen LogP contribution in [0.25, 0.3) is 0 Å². The fourth-order valence-corrected chi connectivity index (χ4v) is 4.14. The summed E-state index contributed by atoms with van der Waals surface area (Å²) in [4.78, 5) is 14.1. The van der Waals surface area contributed by atoms with Crippen molar-refractivity contribution in [2.24, 2.45) is 11.8 Å². The zero-order valence-corrected chi connectivity index (χ0v) is 18.5. The van der Waals surface area contributed by atoms with Gasteiger partial charge >= 0.3 is 6.09 Å². The Labute approximate surface area is 184 Å². The van der Waals surface area contributed by atoms with Crippen LogP contribution in [0.2, 0.25) is 0 Å². The molecule has 6 nitrogen and oxygen atoms in total. The Bertz CT molecular complexity index is 817. The molecule has 31 heavy (non-hydrogen) atoms. The van der Waals surface area contributed by atoms with Crippen LogP contribution < -0.4 is 4.74 Å². The molecule has 3 atom stereocenters. The van der Waals surface area contributed by atoms with Crippen molar-refractivity contribution in [3.05, 3.63) is 65.7 Å². The highest BCUT2D eigenvalue weighted by Crippen LogP contribution is 2.38. The number of ether oxygens (including phenoxy) is 2. The number of rotatable bonds is 6. The minimum Gasteiger partial charge on any atom is -0.489 e. The summed E-state index contributed by atoms with van der Waals surface area (Å²) in [7, 11) is 0. The second kappa shape index (κ2) is 10.2. The van der Waals surface area contributed by atoms with Crippen molar-refractivity contribution in [3.8, 4) is 5.75 Å². The SMILES string of the molecule is CC(C)(C)OC(=O)N1C[C@@H](CO)C(c2ccc(OCc3ccccc3)cc2)[C@@H](CO)C1. The number of hydrogen-bond acceptors (Lipinski definition) is 5. The van der Waals surface area contributed by atoms with E-state index in [2.05, 4.69) is 0 Å². The molecule has 1 saturated heterocycles. The molecule has 1 aliphatic rings. The molecule has 0 bridgehead atoms. The number of carbonyl (C=O) groups is 1. The minimum absolute atomic E-state index is 0.0585. The highest BCUT2D eigenvalue weighted by molar-refractivity contribution is 5.68. The van der Waals surface area contributed by atoms with E-state index in [9.17, 15) is 15.0 Å². The summed E-state index contributed by atoms with van der Waals surface area (Å²) in [6.07, 6.45) is -0.410. The smallest absolute Gasteiger partial charge is 0.410 e. The predicted octanol–water partition coefficient (Wildman–Crippen LogP) is 3.82. The quantitative estimate of drug-likeness (QED) is 0.733. The fraction of sp³-hybridized carbons (Fsp3) is 0.480. The number of hydrogen-bond donors (Lipinski definition) is 2. The molecule has 0 saturated carbocycles. The van der Waals surface area contributed by atoms with Gasteiger partial charge in [-0.2, -0.15) is 0 Å². The third kappa shape index (κ3) is 6.21. The second-order valence-corrected chi connectivity index (χ2v) is 9.14. The monoisotopic (exact) mass is 427 g/mol. The Kier molecular flexibility index (Phi) is 7.57. The first-order chi connectivity index (χ1) is 14.8. The highest BCUT2D eigenvalue weighted by Gasteiger charge is 2.40. The van der Waals surface area contributed by atoms with Crippen molar-refractivity contribution < 1.29 is 24.5 Å². The van der Waals surface area contributed by atoms with Crippen LogP contribution in [0.5, 0.6) is 5.75 Å². The zero-order chi connectivity index (χ0) is 22.4. The lowest BCUT2D eigenvalue weighted by molar-refractivity contribution is -0.00746. The van der Waals surface area contributed by atoms with Crippen LogP contribution in [-0.2, 0) is 11.3 Å². The third-order valence-corrected chi connectivity index (χ3v) is 5.56. The number of benzene rings is 2. The van der Waals surface area contributed by atoms with Crippen molar-refractivity contribution in [3.63, 3.8) is 0 Å². The topological polar surface area (TPSA) is 79.2 Å². The average molecular weight is 428 g/mol. The van der Waals surface area contributed by atoms with Crippen molar-refractivity contribution in [1.82, 2.24) is 4.90 Å². The third-order valence-electron chi connectivity index (χ3n) is 5.56. The van der Waals surface area contributed by atoms with E-state index < -0.39 is 11.7 Å². The van der Waals surface area contributed by atoms with Crippen molar-refractivity contribution in [1.29, 1.82) is 0 Å². The molecule has 1 aliphatic heterocycles. The predicted molar refractivity (Wildman–Crippen MR) is 119 cm³/mol. The van der Waals surface area contributed by atoms with E-state index in [1.165, 1.54) is 0 Å². The number of piperidine rings is 1. The standard InChI is InChI=1S/C25H33NO5/c1-25(2,3)31-24(29)26-13-20(15-27)23(21(14-26)16-28)19-9-11-22(12-10-19)30-17-18-7-5-4-6-8-18/h4-12,20-21,23,27-28H,13-17H2,1-3H3/t20-,21+,23?. The van der Waals surface area contributed by atoms with Gasteiger partial charge in [0, 0.05) is 38.1 Å². The van der Waals surface area contributed by atoms with Gasteiger partial charge in [0.2, 0.25) is 0 Å². The Morgan fingerprint density at radius 1 is 0.968 bits per heavy atom. The van der Waals surface area contributed by atoms with Gasteiger partial charge in [-0.25, -0.2) is 4.79 Å². The number of carbonyl (C=O) groups excluding carboxylic acids is 1. The van der Waals surface area contributed by atoms with Gasteiger partial charge in [-0.1, -0.05) is 42.5 Å². The van der Waals surface area contributed by atoms with Crippen molar-refractivity contribution in [2.45, 2.75) is 38.9 Å². The summed E-state index contributed by atoms with van der Waals surface area (Å²) in [5.41, 5.74) is 1.53. The summed E-state index contributed by atoms with van der Waals surface area (Å²) >= 11 is 0. The van der Waals surface area contributed by atoms with Gasteiger partial charge in [-0.3, -0.25) is 0 Å². The lowest BCUT2D eigenvalue weighted by Gasteiger charge is -2.43. The van der Waals surface area contributed by atoms with Gasteiger partial charge < -0.3 is 24.6 Å². The van der Waals surface area contributed by atoms with Gasteiger partial charge in [-0.15, -0.1) is 0 Å². The molecule has 3 rings (SSSR count). The number of likely N-dealkylation sites (tertiary alicyclic amines) is 1. The molecule has 0 aromatic heterocycles. The molecule has 1 unspecified atom stereocenters. The molecular weight excluding hydrogens is 394 g/mol. The first kappa shape index (κ1) is 23.1. The fourth-order valence-electron chi connectivity index (χ4n) is 4.14. The maximum atomic E-state index is 12.5. The van der Waals surface area contributed by atoms with Gasteiger partial charge in [0.25, 0.3) is 0 Å². The Hall–Kier alpha value is -2.57. The first-order valence-electron chi connectivity index (χ1n) is 10.8. The van der Waals surface area contributed by atoms with E-state index in [0.717, 1.165) is 16.9 Å². The molecule has 1 fully saturated rings. The Morgan fingerprint density at radius 2 is 1.55 bits per heavy atom. The van der Waals surface area contributed by atoms with E-state index in [-0.39, 0.29) is 31.0 Å². The number of aliphatic hydroxyl groups excluding tert-OH is 2. The molecule has 2 aromatic carbocycles. The Balaban J connectivity index is 1.69. The summed E-state index contributed by atoms with van der Waals surface area (Å²) in [6, 6.07) is 17.8. The molecule has 2 aromatic rings. The molecule has 6 heteroatoms. The zero-order valence-electron chi connectivity index (χ0n) is 18.5. The largest absolute Gasteiger partial charge is 0.489 e. The summed E-state index contributed by atoms with van der Waals surface area (Å²) in [5.74, 6) is 0.334. The molecule has 1 heterocycles. The summed E-state index contributed by atoms with van der Waals surface area (Å²) in [6.45, 7) is 6.59. The molecule has 1 amide bonds. The molecular formula is C25H33NO5. The molecule has 168 valence electrons. The van der Waals surface area contributed by atoms with Crippen molar-refractivity contribution in [2.75, 3.05) is 26.3 Å². The van der Waals surface area contributed by atoms with E-state index >= 15 is 0 Å². The molecule has 0 aliphatic carbocycles. The molecule has 0 spiro atoms. The highest BCUT2D eigenvalue weighted by atomic mass is 16.6. The van der Waals surface area contributed by atoms with Gasteiger partial charge in [0.1, 0.15) is 18.0 Å². The lowest BCUT2D eigenvalue weighted by atomic mass is 9.74. The van der Waals surface area contributed by atoms with Crippen LogP contribution in [0.15, 0.2) is 54.6 Å². The molecule has 2 N–H and O–H groups in total. The van der Waals surface area contributed by atoms with Crippen LogP contribution >= 0.6 is 0 Å². The van der Waals surface area contributed by atoms with Crippen LogP contribution in [0.3, 0.4) is 0 Å². The minimum atomic E-state index is -0.590. The van der Waals surface area contributed by atoms with Crippen LogP contribution in [-0.4, -0.2) is 53.1 Å². The number of amides is 1. The van der Waals surface area contributed by atoms with Crippen molar-refractivity contribution >= 4 is 6.09 Å². The lowest BCUT2D eigenvalue weighted by Crippen LogP contribution is -2.51. The van der Waals surface area contributed by atoms with E-state index in [0.29, 0.717) is 19.7 Å². The van der Waals surface area contributed by atoms with Gasteiger partial charge in [-0.05, 0) is 49.9 Å².